The number of furan rings is 1. The number of nitrogens with zero attached hydrogens (tertiary/aromatic N) is 3. The summed E-state index contributed by atoms with van der Waals surface area (Å²) < 4.78 is 10.1. The lowest BCUT2D eigenvalue weighted by molar-refractivity contribution is 0.260. The molecule has 0 aliphatic rings. The molecule has 0 fully saturated rings. The van der Waals surface area contributed by atoms with Gasteiger partial charge in [0, 0.05) is 13.1 Å². The average molecular weight is 269 g/mol. The number of rotatable bonds is 6. The maximum atomic E-state index is 5.39. The summed E-state index contributed by atoms with van der Waals surface area (Å²) in [6.45, 7) is 6.12. The van der Waals surface area contributed by atoms with E-state index in [0.29, 0.717) is 0 Å². The predicted molar refractivity (Wildman–Crippen MR) is 74.8 cm³/mol. The van der Waals surface area contributed by atoms with Crippen LogP contribution in [0.3, 0.4) is 0 Å². The Morgan fingerprint density at radius 2 is 2.05 bits per heavy atom. The maximum Gasteiger partial charge on any atom is 0.135 e. The molecule has 0 aliphatic carbocycles. The zero-order chi connectivity index (χ0) is 13.8. The molecule has 0 unspecified atom stereocenters. The van der Waals surface area contributed by atoms with Crippen molar-refractivity contribution >= 4 is 11.0 Å². The van der Waals surface area contributed by atoms with Crippen LogP contribution in [-0.2, 0) is 13.1 Å². The predicted octanol–water partition coefficient (Wildman–Crippen LogP) is 3.00. The van der Waals surface area contributed by atoms with E-state index in [2.05, 4.69) is 21.8 Å². The Labute approximate surface area is 116 Å². The first-order valence-corrected chi connectivity index (χ1v) is 6.42. The third-order valence-corrected chi connectivity index (χ3v) is 3.07. The van der Waals surface area contributed by atoms with Crippen LogP contribution in [0.25, 0.3) is 11.0 Å². The molecule has 0 saturated carbocycles. The summed E-state index contributed by atoms with van der Waals surface area (Å²) in [5, 5.41) is 7.67. The van der Waals surface area contributed by atoms with E-state index in [-0.39, 0.29) is 0 Å². The SMILES string of the molecule is C=CCN(Cc1ccc2nonc2c1)Cc1ccco1. The van der Waals surface area contributed by atoms with E-state index in [9.17, 15) is 0 Å². The van der Waals surface area contributed by atoms with E-state index in [1.807, 2.05) is 36.4 Å². The molecule has 5 heteroatoms. The molecule has 0 amide bonds. The maximum absolute atomic E-state index is 5.39. The van der Waals surface area contributed by atoms with Gasteiger partial charge in [-0.15, -0.1) is 6.58 Å². The highest BCUT2D eigenvalue weighted by atomic mass is 16.6. The van der Waals surface area contributed by atoms with Gasteiger partial charge >= 0.3 is 0 Å². The lowest BCUT2D eigenvalue weighted by atomic mass is 10.2. The van der Waals surface area contributed by atoms with Crippen LogP contribution in [-0.4, -0.2) is 21.8 Å². The van der Waals surface area contributed by atoms with Gasteiger partial charge in [-0.05, 0) is 40.1 Å². The highest BCUT2D eigenvalue weighted by molar-refractivity contribution is 5.73. The Bertz CT molecular complexity index is 688. The van der Waals surface area contributed by atoms with Crippen LogP contribution in [0.15, 0.2) is 58.3 Å². The first-order chi connectivity index (χ1) is 9.85. The molecule has 0 aliphatic heterocycles. The number of benzene rings is 1. The Morgan fingerprint density at radius 1 is 1.15 bits per heavy atom. The second-order valence-corrected chi connectivity index (χ2v) is 4.62. The molecule has 2 aromatic heterocycles. The third-order valence-electron chi connectivity index (χ3n) is 3.07. The molecule has 102 valence electrons. The van der Waals surface area contributed by atoms with Gasteiger partial charge in [-0.25, -0.2) is 4.63 Å². The van der Waals surface area contributed by atoms with E-state index in [4.69, 9.17) is 9.05 Å². The van der Waals surface area contributed by atoms with Crippen molar-refractivity contribution in [3.63, 3.8) is 0 Å². The van der Waals surface area contributed by atoms with Gasteiger partial charge in [0.15, 0.2) is 0 Å². The van der Waals surface area contributed by atoms with Crippen LogP contribution in [0.5, 0.6) is 0 Å². The largest absolute Gasteiger partial charge is 0.468 e. The molecule has 0 bridgehead atoms. The molecule has 20 heavy (non-hydrogen) atoms. The summed E-state index contributed by atoms with van der Waals surface area (Å²) in [6, 6.07) is 9.81. The molecule has 1 aromatic carbocycles. The first kappa shape index (κ1) is 12.6. The van der Waals surface area contributed by atoms with Crippen molar-refractivity contribution in [2.24, 2.45) is 0 Å². The van der Waals surface area contributed by atoms with Crippen LogP contribution < -0.4 is 0 Å². The average Bonchev–Trinajstić information content (AvgIpc) is 3.09. The van der Waals surface area contributed by atoms with E-state index in [1.165, 1.54) is 0 Å². The standard InChI is InChI=1S/C15H15N3O2/c1-2-7-18(11-13-4-3-8-19-13)10-12-5-6-14-15(9-12)17-20-16-14/h2-6,8-9H,1,7,10-11H2. The molecule has 2 heterocycles. The summed E-state index contributed by atoms with van der Waals surface area (Å²) in [5.41, 5.74) is 2.70. The second kappa shape index (κ2) is 5.71. The molecule has 3 rings (SSSR count). The van der Waals surface area contributed by atoms with Gasteiger partial charge in [-0.3, -0.25) is 4.90 Å². The zero-order valence-corrected chi connectivity index (χ0v) is 11.0. The fraction of sp³-hybridized carbons (Fsp3) is 0.200. The molecule has 0 saturated heterocycles. The number of hydrogen-bond donors (Lipinski definition) is 0. The van der Waals surface area contributed by atoms with E-state index in [1.54, 1.807) is 6.26 Å². The monoisotopic (exact) mass is 269 g/mol. The minimum atomic E-state index is 0.744. The topological polar surface area (TPSA) is 55.3 Å². The Hall–Kier alpha value is -2.40. The fourth-order valence-electron chi connectivity index (χ4n) is 2.17. The lowest BCUT2D eigenvalue weighted by Gasteiger charge is -2.19. The lowest BCUT2D eigenvalue weighted by Crippen LogP contribution is -2.22. The molecule has 5 nitrogen and oxygen atoms in total. The smallest absolute Gasteiger partial charge is 0.135 e. The van der Waals surface area contributed by atoms with Gasteiger partial charge in [-0.1, -0.05) is 12.1 Å². The van der Waals surface area contributed by atoms with Crippen molar-refractivity contribution in [3.05, 3.63) is 60.6 Å². The summed E-state index contributed by atoms with van der Waals surface area (Å²) in [7, 11) is 0. The van der Waals surface area contributed by atoms with E-state index in [0.717, 1.165) is 42.0 Å². The summed E-state index contributed by atoms with van der Waals surface area (Å²) in [6.07, 6.45) is 3.58. The van der Waals surface area contributed by atoms with Crippen molar-refractivity contribution in [3.8, 4) is 0 Å². The van der Waals surface area contributed by atoms with Crippen molar-refractivity contribution in [1.82, 2.24) is 15.2 Å². The molecular weight excluding hydrogens is 254 g/mol. The van der Waals surface area contributed by atoms with Gasteiger partial charge < -0.3 is 4.42 Å². The third kappa shape index (κ3) is 2.78. The molecular formula is C15H15N3O2. The Kier molecular flexibility index (Phi) is 3.60. The van der Waals surface area contributed by atoms with Gasteiger partial charge in [-0.2, -0.15) is 0 Å². The van der Waals surface area contributed by atoms with Gasteiger partial charge in [0.1, 0.15) is 16.8 Å². The summed E-state index contributed by atoms with van der Waals surface area (Å²) >= 11 is 0. The molecule has 3 aromatic rings. The molecule has 0 spiro atoms. The summed E-state index contributed by atoms with van der Waals surface area (Å²) in [5.74, 6) is 0.941. The Morgan fingerprint density at radius 3 is 2.85 bits per heavy atom. The van der Waals surface area contributed by atoms with Crippen molar-refractivity contribution in [2.75, 3.05) is 6.54 Å². The Balaban J connectivity index is 1.76. The minimum absolute atomic E-state index is 0.744. The number of hydrogen-bond acceptors (Lipinski definition) is 5. The van der Waals surface area contributed by atoms with Gasteiger partial charge in [0.05, 0.1) is 12.8 Å². The normalized spacial score (nSPS) is 11.2. The van der Waals surface area contributed by atoms with Crippen LogP contribution in [0.2, 0.25) is 0 Å². The minimum Gasteiger partial charge on any atom is -0.468 e. The quantitative estimate of drug-likeness (QED) is 0.644. The molecule has 0 N–H and O–H groups in total. The van der Waals surface area contributed by atoms with Crippen LogP contribution >= 0.6 is 0 Å². The van der Waals surface area contributed by atoms with E-state index >= 15 is 0 Å². The van der Waals surface area contributed by atoms with Gasteiger partial charge in [0.25, 0.3) is 0 Å². The molecule has 0 radical (unpaired) electrons. The van der Waals surface area contributed by atoms with Crippen molar-refractivity contribution in [1.29, 1.82) is 0 Å². The highest BCUT2D eigenvalue weighted by Crippen LogP contribution is 2.15. The van der Waals surface area contributed by atoms with Crippen molar-refractivity contribution < 1.29 is 9.05 Å². The van der Waals surface area contributed by atoms with E-state index < -0.39 is 0 Å². The van der Waals surface area contributed by atoms with Crippen LogP contribution in [0, 0.1) is 0 Å². The second-order valence-electron chi connectivity index (χ2n) is 4.62. The number of aromatic nitrogens is 2. The van der Waals surface area contributed by atoms with Crippen LogP contribution in [0.4, 0.5) is 0 Å². The summed E-state index contributed by atoms with van der Waals surface area (Å²) in [4.78, 5) is 2.24. The molecule has 0 atom stereocenters. The van der Waals surface area contributed by atoms with Crippen LogP contribution in [0.1, 0.15) is 11.3 Å². The first-order valence-electron chi connectivity index (χ1n) is 6.42. The zero-order valence-electron chi connectivity index (χ0n) is 11.0. The number of fused-ring (bicyclic) bond motifs is 1. The van der Waals surface area contributed by atoms with Crippen molar-refractivity contribution in [2.45, 2.75) is 13.1 Å². The van der Waals surface area contributed by atoms with Gasteiger partial charge in [0.2, 0.25) is 0 Å². The fourth-order valence-corrected chi connectivity index (χ4v) is 2.17. The highest BCUT2D eigenvalue weighted by Gasteiger charge is 2.09.